The lowest BCUT2D eigenvalue weighted by Crippen LogP contribution is -2.48. The maximum absolute atomic E-state index is 10.7. The molecule has 3 N–H and O–H groups in total. The van der Waals surface area contributed by atoms with Gasteiger partial charge in [-0.15, -0.1) is 0 Å². The van der Waals surface area contributed by atoms with Gasteiger partial charge in [-0.05, 0) is 13.8 Å². The lowest BCUT2D eigenvalue weighted by Gasteiger charge is -2.17. The van der Waals surface area contributed by atoms with Crippen molar-refractivity contribution in [2.45, 2.75) is 25.6 Å². The fourth-order valence-corrected chi connectivity index (χ4v) is 0.512. The van der Waals surface area contributed by atoms with Crippen molar-refractivity contribution in [2.24, 2.45) is 0 Å². The van der Waals surface area contributed by atoms with Crippen molar-refractivity contribution >= 4 is 11.8 Å². The van der Waals surface area contributed by atoms with E-state index >= 15 is 0 Å². The Morgan fingerprint density at radius 2 is 1.82 bits per heavy atom. The molecule has 0 aliphatic carbocycles. The standard InChI is InChI=1S/C6H10O5/c1-3(7)4(8)6(2,11)5(9)10/h3,7,11H,1-2H3,(H,9,10)/t3-,6-/m1/s1. The molecule has 5 heteroatoms. The summed E-state index contributed by atoms with van der Waals surface area (Å²) < 4.78 is 0. The Morgan fingerprint density at radius 3 is 1.91 bits per heavy atom. The summed E-state index contributed by atoms with van der Waals surface area (Å²) in [5, 5.41) is 25.8. The number of carbonyl (C=O) groups excluding carboxylic acids is 1. The number of ketones is 1. The van der Waals surface area contributed by atoms with Gasteiger partial charge in [0.15, 0.2) is 0 Å². The molecule has 0 amide bonds. The molecule has 0 bridgehead atoms. The van der Waals surface area contributed by atoms with Crippen LogP contribution in [0.15, 0.2) is 0 Å². The van der Waals surface area contributed by atoms with Crippen LogP contribution in [0, 0.1) is 0 Å². The summed E-state index contributed by atoms with van der Waals surface area (Å²) in [4.78, 5) is 20.9. The molecule has 0 unspecified atom stereocenters. The number of aliphatic hydroxyl groups is 2. The summed E-state index contributed by atoms with van der Waals surface area (Å²) in [6, 6.07) is 0. The van der Waals surface area contributed by atoms with Gasteiger partial charge in [0.05, 0.1) is 0 Å². The minimum atomic E-state index is -2.49. The van der Waals surface area contributed by atoms with Gasteiger partial charge in [-0.2, -0.15) is 0 Å². The Bertz CT molecular complexity index is 181. The highest BCUT2D eigenvalue weighted by atomic mass is 16.4. The Labute approximate surface area is 63.3 Å². The normalized spacial score (nSPS) is 18.5. The highest BCUT2D eigenvalue weighted by molar-refractivity contribution is 6.07. The number of rotatable bonds is 3. The number of carboxylic acid groups (broad SMARTS) is 1. The lowest BCUT2D eigenvalue weighted by molar-refractivity contribution is -0.166. The van der Waals surface area contributed by atoms with Crippen LogP contribution in [0.5, 0.6) is 0 Å². The summed E-state index contributed by atoms with van der Waals surface area (Å²) in [5.74, 6) is -2.78. The predicted molar refractivity (Wildman–Crippen MR) is 34.9 cm³/mol. The third-order valence-electron chi connectivity index (χ3n) is 1.28. The van der Waals surface area contributed by atoms with Gasteiger partial charge in [0.25, 0.3) is 0 Å². The predicted octanol–water partition coefficient (Wildman–Crippen LogP) is -1.23. The van der Waals surface area contributed by atoms with Crippen molar-refractivity contribution in [1.29, 1.82) is 0 Å². The number of Topliss-reactive ketones (excluding diaryl/α,β-unsaturated/α-hetero) is 1. The molecular formula is C6H10O5. The van der Waals surface area contributed by atoms with Crippen molar-refractivity contribution in [3.63, 3.8) is 0 Å². The second kappa shape index (κ2) is 2.98. The summed E-state index contributed by atoms with van der Waals surface area (Å²) >= 11 is 0. The van der Waals surface area contributed by atoms with Crippen LogP contribution in [-0.2, 0) is 9.59 Å². The highest BCUT2D eigenvalue weighted by Gasteiger charge is 2.40. The molecule has 11 heavy (non-hydrogen) atoms. The maximum Gasteiger partial charge on any atom is 0.343 e. The molecule has 0 saturated carbocycles. The molecule has 0 heterocycles. The molecule has 0 aromatic rings. The van der Waals surface area contributed by atoms with E-state index in [0.29, 0.717) is 0 Å². The van der Waals surface area contributed by atoms with Gasteiger partial charge in [0.2, 0.25) is 11.4 Å². The first-order chi connectivity index (χ1) is 4.80. The Balaban J connectivity index is 4.56. The zero-order valence-electron chi connectivity index (χ0n) is 6.24. The van der Waals surface area contributed by atoms with E-state index in [1.165, 1.54) is 0 Å². The summed E-state index contributed by atoms with van der Waals surface area (Å²) in [6.07, 6.45) is -1.47. The van der Waals surface area contributed by atoms with Crippen molar-refractivity contribution in [3.8, 4) is 0 Å². The van der Waals surface area contributed by atoms with Gasteiger partial charge in [0.1, 0.15) is 6.10 Å². The summed E-state index contributed by atoms with van der Waals surface area (Å²) in [6.45, 7) is 1.92. The molecule has 0 spiro atoms. The van der Waals surface area contributed by atoms with Gasteiger partial charge in [-0.1, -0.05) is 0 Å². The van der Waals surface area contributed by atoms with E-state index in [1.807, 2.05) is 0 Å². The summed E-state index contributed by atoms with van der Waals surface area (Å²) in [7, 11) is 0. The third-order valence-corrected chi connectivity index (χ3v) is 1.28. The molecule has 64 valence electrons. The average molecular weight is 162 g/mol. The van der Waals surface area contributed by atoms with Crippen molar-refractivity contribution < 1.29 is 24.9 Å². The van der Waals surface area contributed by atoms with Gasteiger partial charge < -0.3 is 15.3 Å². The van der Waals surface area contributed by atoms with Crippen molar-refractivity contribution in [1.82, 2.24) is 0 Å². The monoisotopic (exact) mass is 162 g/mol. The van der Waals surface area contributed by atoms with Gasteiger partial charge in [0, 0.05) is 0 Å². The lowest BCUT2D eigenvalue weighted by atomic mass is 9.98. The molecule has 2 atom stereocenters. The highest BCUT2D eigenvalue weighted by Crippen LogP contribution is 2.07. The van der Waals surface area contributed by atoms with E-state index in [2.05, 4.69) is 0 Å². The largest absolute Gasteiger partial charge is 0.479 e. The topological polar surface area (TPSA) is 94.8 Å². The molecule has 0 aromatic heterocycles. The number of hydrogen-bond donors (Lipinski definition) is 3. The van der Waals surface area contributed by atoms with Crippen LogP contribution in [0.25, 0.3) is 0 Å². The maximum atomic E-state index is 10.7. The molecule has 0 aliphatic heterocycles. The van der Waals surface area contributed by atoms with Crippen LogP contribution >= 0.6 is 0 Å². The molecule has 0 radical (unpaired) electrons. The molecule has 0 saturated heterocycles. The smallest absolute Gasteiger partial charge is 0.343 e. The first-order valence-corrected chi connectivity index (χ1v) is 2.98. The minimum absolute atomic E-state index is 0.824. The molecule has 0 rings (SSSR count). The van der Waals surface area contributed by atoms with E-state index < -0.39 is 23.5 Å². The summed E-state index contributed by atoms with van der Waals surface area (Å²) in [5.41, 5.74) is -2.49. The number of hydrogen-bond acceptors (Lipinski definition) is 4. The van der Waals surface area contributed by atoms with Gasteiger partial charge in [-0.25, -0.2) is 4.79 Å². The fourth-order valence-electron chi connectivity index (χ4n) is 0.512. The van der Waals surface area contributed by atoms with Gasteiger partial charge >= 0.3 is 5.97 Å². The zero-order valence-corrected chi connectivity index (χ0v) is 6.24. The average Bonchev–Trinajstić information content (AvgIpc) is 1.85. The van der Waals surface area contributed by atoms with Crippen LogP contribution in [0.2, 0.25) is 0 Å². The van der Waals surface area contributed by atoms with Crippen LogP contribution in [0.3, 0.4) is 0 Å². The molecule has 0 fully saturated rings. The quantitative estimate of drug-likeness (QED) is 0.452. The van der Waals surface area contributed by atoms with Crippen LogP contribution < -0.4 is 0 Å². The molecule has 0 aromatic carbocycles. The van der Waals surface area contributed by atoms with Crippen molar-refractivity contribution in [2.75, 3.05) is 0 Å². The second-order valence-corrected chi connectivity index (χ2v) is 2.42. The number of aliphatic hydroxyl groups excluding tert-OH is 1. The Hall–Kier alpha value is -0.940. The third kappa shape index (κ3) is 1.99. The van der Waals surface area contributed by atoms with E-state index in [-0.39, 0.29) is 0 Å². The molecular weight excluding hydrogens is 152 g/mol. The second-order valence-electron chi connectivity index (χ2n) is 2.42. The van der Waals surface area contributed by atoms with Crippen LogP contribution in [-0.4, -0.2) is 38.8 Å². The van der Waals surface area contributed by atoms with Crippen LogP contribution in [0.4, 0.5) is 0 Å². The SMILES string of the molecule is C[C@@H](O)C(=O)[C@@](C)(O)C(=O)O. The first-order valence-electron chi connectivity index (χ1n) is 2.98. The number of aliphatic carboxylic acids is 1. The van der Waals surface area contributed by atoms with Crippen LogP contribution in [0.1, 0.15) is 13.8 Å². The van der Waals surface area contributed by atoms with Gasteiger partial charge in [-0.3, -0.25) is 4.79 Å². The Kier molecular flexibility index (Phi) is 2.72. The molecule has 0 aliphatic rings. The fraction of sp³-hybridized carbons (Fsp3) is 0.667. The van der Waals surface area contributed by atoms with E-state index in [4.69, 9.17) is 15.3 Å². The van der Waals surface area contributed by atoms with Crippen molar-refractivity contribution in [3.05, 3.63) is 0 Å². The first kappa shape index (κ1) is 10.1. The minimum Gasteiger partial charge on any atom is -0.479 e. The number of carboxylic acids is 1. The zero-order chi connectivity index (χ0) is 9.23. The van der Waals surface area contributed by atoms with E-state index in [1.54, 1.807) is 0 Å². The van der Waals surface area contributed by atoms with E-state index in [0.717, 1.165) is 13.8 Å². The Morgan fingerprint density at radius 1 is 1.45 bits per heavy atom. The number of carbonyl (C=O) groups is 2. The van der Waals surface area contributed by atoms with E-state index in [9.17, 15) is 9.59 Å². The molecule has 5 nitrogen and oxygen atoms in total.